The summed E-state index contributed by atoms with van der Waals surface area (Å²) in [6.45, 7) is 3.26. The molecule has 1 aliphatic heterocycles. The van der Waals surface area contributed by atoms with Crippen molar-refractivity contribution in [1.29, 1.82) is 0 Å². The van der Waals surface area contributed by atoms with Crippen LogP contribution in [0.25, 0.3) is 0 Å². The van der Waals surface area contributed by atoms with Gasteiger partial charge in [-0.1, -0.05) is 0 Å². The number of nitrogens with zero attached hydrogens (tertiary/aromatic N) is 1. The van der Waals surface area contributed by atoms with Gasteiger partial charge in [-0.2, -0.15) is 13.2 Å². The van der Waals surface area contributed by atoms with E-state index in [-0.39, 0.29) is 6.04 Å². The van der Waals surface area contributed by atoms with Gasteiger partial charge < -0.3 is 5.32 Å². The number of nitrogens with one attached hydrogen (secondary N) is 1. The smallest absolute Gasteiger partial charge is 0.310 e. The fraction of sp³-hybridized carbons (Fsp3) is 1.00. The van der Waals surface area contributed by atoms with E-state index >= 15 is 0 Å². The minimum atomic E-state index is -4.05. The molecular weight excluding hydrogens is 229 g/mol. The van der Waals surface area contributed by atoms with Gasteiger partial charge >= 0.3 is 6.18 Å². The average molecular weight is 250 g/mol. The maximum absolute atomic E-state index is 12.3. The predicted octanol–water partition coefficient (Wildman–Crippen LogP) is 2.54. The van der Waals surface area contributed by atoms with Gasteiger partial charge in [-0.05, 0) is 39.2 Å². The maximum atomic E-state index is 12.3. The van der Waals surface area contributed by atoms with Crippen molar-refractivity contribution in [2.24, 2.45) is 0 Å². The summed E-state index contributed by atoms with van der Waals surface area (Å²) >= 11 is 0. The van der Waals surface area contributed by atoms with E-state index in [0.717, 1.165) is 25.9 Å². The SMILES string of the molecule is CC(CC(F)(F)F)N1CCCC(NC2CC2)C1. The molecule has 0 aromatic heterocycles. The van der Waals surface area contributed by atoms with Crippen LogP contribution < -0.4 is 5.32 Å². The Bertz CT molecular complexity index is 251. The lowest BCUT2D eigenvalue weighted by molar-refractivity contribution is -0.147. The summed E-state index contributed by atoms with van der Waals surface area (Å²) in [4.78, 5) is 1.98. The zero-order valence-electron chi connectivity index (χ0n) is 10.3. The topological polar surface area (TPSA) is 15.3 Å². The molecule has 0 bridgehead atoms. The van der Waals surface area contributed by atoms with Crippen LogP contribution in [0.4, 0.5) is 13.2 Å². The molecule has 2 atom stereocenters. The van der Waals surface area contributed by atoms with Crippen LogP contribution in [-0.2, 0) is 0 Å². The number of alkyl halides is 3. The van der Waals surface area contributed by atoms with Crippen LogP contribution in [0.3, 0.4) is 0 Å². The van der Waals surface area contributed by atoms with Gasteiger partial charge in [0.05, 0.1) is 6.42 Å². The molecule has 0 spiro atoms. The molecule has 1 saturated heterocycles. The summed E-state index contributed by atoms with van der Waals surface area (Å²) in [6, 6.07) is 0.642. The number of piperidine rings is 1. The lowest BCUT2D eigenvalue weighted by Gasteiger charge is -2.37. The highest BCUT2D eigenvalue weighted by atomic mass is 19.4. The van der Waals surface area contributed by atoms with E-state index in [2.05, 4.69) is 5.32 Å². The third kappa shape index (κ3) is 4.47. The second-order valence-corrected chi connectivity index (χ2v) is 5.44. The highest BCUT2D eigenvalue weighted by Crippen LogP contribution is 2.27. The van der Waals surface area contributed by atoms with Crippen LogP contribution in [0.1, 0.15) is 39.0 Å². The van der Waals surface area contributed by atoms with Crippen LogP contribution in [0, 0.1) is 0 Å². The van der Waals surface area contributed by atoms with Crippen molar-refractivity contribution < 1.29 is 13.2 Å². The Labute approximate surface area is 101 Å². The summed E-state index contributed by atoms with van der Waals surface area (Å²) < 4.78 is 37.0. The van der Waals surface area contributed by atoms with E-state index in [0.29, 0.717) is 12.1 Å². The van der Waals surface area contributed by atoms with Crippen LogP contribution >= 0.6 is 0 Å². The first kappa shape index (κ1) is 13.1. The summed E-state index contributed by atoms with van der Waals surface area (Å²) in [5.74, 6) is 0. The molecule has 0 amide bonds. The molecule has 1 heterocycles. The number of likely N-dealkylation sites (tertiary alicyclic amines) is 1. The third-order valence-electron chi connectivity index (χ3n) is 3.65. The highest BCUT2D eigenvalue weighted by Gasteiger charge is 2.35. The minimum Gasteiger partial charge on any atom is -0.310 e. The van der Waals surface area contributed by atoms with Crippen molar-refractivity contribution in [2.75, 3.05) is 13.1 Å². The molecule has 0 aromatic rings. The minimum absolute atomic E-state index is 0.390. The van der Waals surface area contributed by atoms with Gasteiger partial charge in [0.1, 0.15) is 0 Å². The zero-order chi connectivity index (χ0) is 12.5. The second kappa shape index (κ2) is 5.14. The second-order valence-electron chi connectivity index (χ2n) is 5.44. The molecule has 2 aliphatic rings. The molecule has 1 saturated carbocycles. The normalized spacial score (nSPS) is 29.3. The first-order valence-electron chi connectivity index (χ1n) is 6.51. The van der Waals surface area contributed by atoms with Crippen molar-refractivity contribution in [3.63, 3.8) is 0 Å². The van der Waals surface area contributed by atoms with Crippen LogP contribution in [0.5, 0.6) is 0 Å². The molecule has 2 fully saturated rings. The summed E-state index contributed by atoms with van der Waals surface area (Å²) in [6.07, 6.45) is -0.166. The Morgan fingerprint density at radius 3 is 2.53 bits per heavy atom. The Kier molecular flexibility index (Phi) is 3.98. The van der Waals surface area contributed by atoms with E-state index < -0.39 is 12.6 Å². The molecule has 2 nitrogen and oxygen atoms in total. The summed E-state index contributed by atoms with van der Waals surface area (Å²) in [5, 5.41) is 3.52. The van der Waals surface area contributed by atoms with Crippen LogP contribution in [0.15, 0.2) is 0 Å². The molecule has 100 valence electrons. The lowest BCUT2D eigenvalue weighted by Crippen LogP contribution is -2.50. The van der Waals surface area contributed by atoms with Crippen LogP contribution in [0.2, 0.25) is 0 Å². The van der Waals surface area contributed by atoms with Crippen LogP contribution in [-0.4, -0.2) is 42.3 Å². The number of halogens is 3. The number of hydrogen-bond donors (Lipinski definition) is 1. The molecular formula is C12H21F3N2. The van der Waals surface area contributed by atoms with E-state index in [4.69, 9.17) is 0 Å². The largest absolute Gasteiger partial charge is 0.390 e. The standard InChI is InChI=1S/C12H21F3N2/c1-9(7-12(13,14)15)17-6-2-3-11(8-17)16-10-4-5-10/h9-11,16H,2-8H2,1H3. The number of rotatable bonds is 4. The van der Waals surface area contributed by atoms with E-state index in [9.17, 15) is 13.2 Å². The fourth-order valence-corrected chi connectivity index (χ4v) is 2.59. The van der Waals surface area contributed by atoms with E-state index in [1.165, 1.54) is 12.8 Å². The van der Waals surface area contributed by atoms with Crippen molar-refractivity contribution in [3.8, 4) is 0 Å². The molecule has 17 heavy (non-hydrogen) atoms. The fourth-order valence-electron chi connectivity index (χ4n) is 2.59. The molecule has 2 unspecified atom stereocenters. The van der Waals surface area contributed by atoms with E-state index in [1.807, 2.05) is 4.90 Å². The molecule has 2 rings (SSSR count). The van der Waals surface area contributed by atoms with Gasteiger partial charge in [-0.3, -0.25) is 4.90 Å². The quantitative estimate of drug-likeness (QED) is 0.825. The first-order chi connectivity index (χ1) is 7.94. The van der Waals surface area contributed by atoms with Gasteiger partial charge in [0.15, 0.2) is 0 Å². The molecule has 0 aromatic carbocycles. The van der Waals surface area contributed by atoms with E-state index in [1.54, 1.807) is 6.92 Å². The van der Waals surface area contributed by atoms with Crippen molar-refractivity contribution in [2.45, 2.75) is 63.3 Å². The molecule has 5 heteroatoms. The van der Waals surface area contributed by atoms with Crippen molar-refractivity contribution >= 4 is 0 Å². The lowest BCUT2D eigenvalue weighted by atomic mass is 10.0. The third-order valence-corrected chi connectivity index (χ3v) is 3.65. The summed E-state index contributed by atoms with van der Waals surface area (Å²) in [5.41, 5.74) is 0. The Balaban J connectivity index is 1.78. The van der Waals surface area contributed by atoms with Gasteiger partial charge in [0, 0.05) is 24.7 Å². The zero-order valence-corrected chi connectivity index (χ0v) is 10.3. The predicted molar refractivity (Wildman–Crippen MR) is 60.9 cm³/mol. The first-order valence-corrected chi connectivity index (χ1v) is 6.51. The van der Waals surface area contributed by atoms with Gasteiger partial charge in [0.2, 0.25) is 0 Å². The average Bonchev–Trinajstić information content (AvgIpc) is 2.99. The molecule has 1 N–H and O–H groups in total. The van der Waals surface area contributed by atoms with Gasteiger partial charge in [-0.15, -0.1) is 0 Å². The molecule has 1 aliphatic carbocycles. The monoisotopic (exact) mass is 250 g/mol. The number of hydrogen-bond acceptors (Lipinski definition) is 2. The molecule has 0 radical (unpaired) electrons. The van der Waals surface area contributed by atoms with Crippen molar-refractivity contribution in [1.82, 2.24) is 10.2 Å². The Morgan fingerprint density at radius 1 is 1.24 bits per heavy atom. The Morgan fingerprint density at radius 2 is 1.94 bits per heavy atom. The van der Waals surface area contributed by atoms with Crippen molar-refractivity contribution in [3.05, 3.63) is 0 Å². The summed E-state index contributed by atoms with van der Waals surface area (Å²) in [7, 11) is 0. The maximum Gasteiger partial charge on any atom is 0.390 e. The van der Waals surface area contributed by atoms with Gasteiger partial charge in [0.25, 0.3) is 0 Å². The Hall–Kier alpha value is -0.290. The van der Waals surface area contributed by atoms with Gasteiger partial charge in [-0.25, -0.2) is 0 Å². The highest BCUT2D eigenvalue weighted by molar-refractivity contribution is 4.89.